The molecule has 2 rings (SSSR count). The summed E-state index contributed by atoms with van der Waals surface area (Å²) >= 11 is 0. The van der Waals surface area contributed by atoms with Crippen LogP contribution in [-0.2, 0) is 13.6 Å². The van der Waals surface area contributed by atoms with Crippen LogP contribution in [0.4, 0.5) is 0 Å². The summed E-state index contributed by atoms with van der Waals surface area (Å²) in [5.74, 6) is 0. The lowest BCUT2D eigenvalue weighted by Gasteiger charge is -2.12. The van der Waals surface area contributed by atoms with Crippen molar-refractivity contribution in [3.63, 3.8) is 0 Å². The molecule has 1 aromatic heterocycles. The molecule has 0 atom stereocenters. The molecule has 90 valence electrons. The van der Waals surface area contributed by atoms with Crippen LogP contribution in [0.25, 0.3) is 11.0 Å². The standard InChI is InChI=1S/C13H16N2O2/c1-5-15-11-7-9(3)8(2)6-10(11)14(4)12(16)13(15)17/h6-7H,5H2,1-4H3. The number of fused-ring (bicyclic) bond motifs is 1. The molecular weight excluding hydrogens is 216 g/mol. The molecule has 0 amide bonds. The first-order chi connectivity index (χ1) is 7.97. The van der Waals surface area contributed by atoms with Crippen LogP contribution in [0.15, 0.2) is 21.7 Å². The van der Waals surface area contributed by atoms with E-state index in [4.69, 9.17) is 0 Å². The van der Waals surface area contributed by atoms with E-state index in [-0.39, 0.29) is 0 Å². The third kappa shape index (κ3) is 1.60. The average molecular weight is 232 g/mol. The molecule has 1 heterocycles. The molecular formula is C13H16N2O2. The van der Waals surface area contributed by atoms with Gasteiger partial charge in [-0.2, -0.15) is 0 Å². The summed E-state index contributed by atoms with van der Waals surface area (Å²) in [5, 5.41) is 0. The zero-order valence-corrected chi connectivity index (χ0v) is 10.6. The monoisotopic (exact) mass is 232 g/mol. The van der Waals surface area contributed by atoms with Gasteiger partial charge in [0.05, 0.1) is 11.0 Å². The fourth-order valence-corrected chi connectivity index (χ4v) is 2.06. The summed E-state index contributed by atoms with van der Waals surface area (Å²) in [7, 11) is 1.64. The lowest BCUT2D eigenvalue weighted by Crippen LogP contribution is -2.40. The lowest BCUT2D eigenvalue weighted by molar-refractivity contribution is 0.717. The Morgan fingerprint density at radius 2 is 1.53 bits per heavy atom. The van der Waals surface area contributed by atoms with Crippen LogP contribution in [0.2, 0.25) is 0 Å². The quantitative estimate of drug-likeness (QED) is 0.696. The first kappa shape index (κ1) is 11.6. The van der Waals surface area contributed by atoms with Gasteiger partial charge in [0.15, 0.2) is 0 Å². The summed E-state index contributed by atoms with van der Waals surface area (Å²) in [6.45, 7) is 6.38. The highest BCUT2D eigenvalue weighted by atomic mass is 16.2. The molecule has 4 nitrogen and oxygen atoms in total. The number of hydrogen-bond donors (Lipinski definition) is 0. The Morgan fingerprint density at radius 1 is 1.00 bits per heavy atom. The molecule has 0 radical (unpaired) electrons. The van der Waals surface area contributed by atoms with Crippen molar-refractivity contribution in [3.8, 4) is 0 Å². The first-order valence-corrected chi connectivity index (χ1v) is 5.68. The van der Waals surface area contributed by atoms with Crippen LogP contribution in [-0.4, -0.2) is 9.13 Å². The number of aromatic nitrogens is 2. The molecule has 0 unspecified atom stereocenters. The van der Waals surface area contributed by atoms with Gasteiger partial charge in [0.2, 0.25) is 0 Å². The second-order valence-electron chi connectivity index (χ2n) is 4.34. The van der Waals surface area contributed by atoms with Crippen molar-refractivity contribution in [2.24, 2.45) is 7.05 Å². The summed E-state index contributed by atoms with van der Waals surface area (Å²) < 4.78 is 2.96. The van der Waals surface area contributed by atoms with E-state index in [0.717, 1.165) is 22.2 Å². The van der Waals surface area contributed by atoms with Crippen LogP contribution in [0.5, 0.6) is 0 Å². The number of rotatable bonds is 1. The third-order valence-corrected chi connectivity index (χ3v) is 3.29. The second-order valence-corrected chi connectivity index (χ2v) is 4.34. The van der Waals surface area contributed by atoms with Crippen LogP contribution in [0.1, 0.15) is 18.1 Å². The normalized spacial score (nSPS) is 11.1. The van der Waals surface area contributed by atoms with Crippen molar-refractivity contribution in [1.82, 2.24) is 9.13 Å². The highest BCUT2D eigenvalue weighted by Crippen LogP contribution is 2.16. The number of aryl methyl sites for hydroxylation is 4. The average Bonchev–Trinajstić information content (AvgIpc) is 2.30. The van der Waals surface area contributed by atoms with E-state index in [9.17, 15) is 9.59 Å². The Labute approximate surface area is 99.1 Å². The minimum absolute atomic E-state index is 0.453. The highest BCUT2D eigenvalue weighted by molar-refractivity contribution is 5.77. The van der Waals surface area contributed by atoms with Gasteiger partial charge in [0, 0.05) is 13.6 Å². The lowest BCUT2D eigenvalue weighted by atomic mass is 10.1. The van der Waals surface area contributed by atoms with Crippen LogP contribution >= 0.6 is 0 Å². The van der Waals surface area contributed by atoms with E-state index >= 15 is 0 Å². The van der Waals surface area contributed by atoms with Crippen molar-refractivity contribution < 1.29 is 0 Å². The van der Waals surface area contributed by atoms with Gasteiger partial charge in [0.25, 0.3) is 0 Å². The van der Waals surface area contributed by atoms with Gasteiger partial charge in [-0.1, -0.05) is 0 Å². The largest absolute Gasteiger partial charge is 0.316 e. The van der Waals surface area contributed by atoms with Crippen LogP contribution < -0.4 is 11.1 Å². The summed E-state index contributed by atoms with van der Waals surface area (Å²) in [4.78, 5) is 23.6. The van der Waals surface area contributed by atoms with Crippen molar-refractivity contribution in [1.29, 1.82) is 0 Å². The minimum atomic E-state index is -0.470. The Balaban J connectivity index is 3.12. The minimum Gasteiger partial charge on any atom is -0.305 e. The fraction of sp³-hybridized carbons (Fsp3) is 0.385. The molecule has 0 N–H and O–H groups in total. The van der Waals surface area contributed by atoms with Crippen molar-refractivity contribution in [2.45, 2.75) is 27.3 Å². The third-order valence-electron chi connectivity index (χ3n) is 3.29. The first-order valence-electron chi connectivity index (χ1n) is 5.68. The van der Waals surface area contributed by atoms with E-state index < -0.39 is 11.1 Å². The molecule has 17 heavy (non-hydrogen) atoms. The van der Waals surface area contributed by atoms with E-state index in [1.807, 2.05) is 32.9 Å². The van der Waals surface area contributed by atoms with Crippen LogP contribution in [0, 0.1) is 13.8 Å². The maximum atomic E-state index is 11.9. The highest BCUT2D eigenvalue weighted by Gasteiger charge is 2.10. The van der Waals surface area contributed by atoms with Crippen LogP contribution in [0.3, 0.4) is 0 Å². The predicted octanol–water partition coefficient (Wildman–Crippen LogP) is 1.34. The van der Waals surface area contributed by atoms with E-state index in [2.05, 4.69) is 0 Å². The predicted molar refractivity (Wildman–Crippen MR) is 68.6 cm³/mol. The summed E-state index contributed by atoms with van der Waals surface area (Å²) in [6, 6.07) is 3.92. The Bertz CT molecular complexity index is 708. The molecule has 0 saturated carbocycles. The van der Waals surface area contributed by atoms with Gasteiger partial charge in [-0.15, -0.1) is 0 Å². The molecule has 0 saturated heterocycles. The fourth-order valence-electron chi connectivity index (χ4n) is 2.06. The van der Waals surface area contributed by atoms with Gasteiger partial charge in [-0.25, -0.2) is 0 Å². The number of nitrogens with zero attached hydrogens (tertiary/aromatic N) is 2. The van der Waals surface area contributed by atoms with Crippen molar-refractivity contribution in [2.75, 3.05) is 0 Å². The van der Waals surface area contributed by atoms with Gasteiger partial charge < -0.3 is 9.13 Å². The Morgan fingerprint density at radius 3 is 2.06 bits per heavy atom. The zero-order chi connectivity index (χ0) is 12.7. The summed E-state index contributed by atoms with van der Waals surface area (Å²) in [6.07, 6.45) is 0. The van der Waals surface area contributed by atoms with Gasteiger partial charge >= 0.3 is 11.1 Å². The molecule has 0 spiro atoms. The smallest absolute Gasteiger partial charge is 0.305 e. The number of hydrogen-bond acceptors (Lipinski definition) is 2. The van der Waals surface area contributed by atoms with E-state index in [0.29, 0.717) is 6.54 Å². The molecule has 0 aliphatic carbocycles. The van der Waals surface area contributed by atoms with Gasteiger partial charge in [0.1, 0.15) is 0 Å². The van der Waals surface area contributed by atoms with Gasteiger partial charge in [-0.3, -0.25) is 9.59 Å². The summed E-state index contributed by atoms with van der Waals surface area (Å²) in [5.41, 5.74) is 2.95. The maximum absolute atomic E-state index is 11.9. The molecule has 1 aromatic carbocycles. The topological polar surface area (TPSA) is 44.0 Å². The molecule has 0 aliphatic heterocycles. The van der Waals surface area contributed by atoms with E-state index in [1.54, 1.807) is 7.05 Å². The number of benzene rings is 1. The molecule has 0 aliphatic rings. The molecule has 2 aromatic rings. The van der Waals surface area contributed by atoms with Gasteiger partial charge in [-0.05, 0) is 44.0 Å². The molecule has 0 fully saturated rings. The zero-order valence-electron chi connectivity index (χ0n) is 10.6. The molecule has 4 heteroatoms. The SMILES string of the molecule is CCn1c(=O)c(=O)n(C)c2cc(C)c(C)cc21. The van der Waals surface area contributed by atoms with E-state index in [1.165, 1.54) is 9.13 Å². The van der Waals surface area contributed by atoms with Crippen molar-refractivity contribution >= 4 is 11.0 Å². The Hall–Kier alpha value is -1.84. The van der Waals surface area contributed by atoms with Crippen molar-refractivity contribution in [3.05, 3.63) is 44.0 Å². The maximum Gasteiger partial charge on any atom is 0.316 e. The second kappa shape index (κ2) is 3.87. The molecule has 0 bridgehead atoms. The Kier molecular flexibility index (Phi) is 2.65.